The highest BCUT2D eigenvalue weighted by molar-refractivity contribution is 5.21. The van der Waals surface area contributed by atoms with Gasteiger partial charge in [0.25, 0.3) is 0 Å². The summed E-state index contributed by atoms with van der Waals surface area (Å²) in [5.74, 6) is 2.77. The number of terminal acetylenes is 1. The predicted molar refractivity (Wildman–Crippen MR) is 135 cm³/mol. The Kier molecular flexibility index (Phi) is 10.6. The summed E-state index contributed by atoms with van der Waals surface area (Å²) >= 11 is 0. The summed E-state index contributed by atoms with van der Waals surface area (Å²) in [5.41, 5.74) is 0. The van der Waals surface area contributed by atoms with Gasteiger partial charge in [0.05, 0.1) is 12.2 Å². The van der Waals surface area contributed by atoms with E-state index in [2.05, 4.69) is 5.92 Å². The van der Waals surface area contributed by atoms with Gasteiger partial charge in [0.15, 0.2) is 12.6 Å². The van der Waals surface area contributed by atoms with Crippen LogP contribution in [-0.4, -0.2) is 67.0 Å². The lowest BCUT2D eigenvalue weighted by Gasteiger charge is -2.30. The van der Waals surface area contributed by atoms with Crippen LogP contribution in [-0.2, 0) is 18.9 Å². The third-order valence-electron chi connectivity index (χ3n) is 7.21. The van der Waals surface area contributed by atoms with Crippen molar-refractivity contribution in [3.05, 3.63) is 42.5 Å². The van der Waals surface area contributed by atoms with Crippen LogP contribution in [0.4, 0.5) is 0 Å². The van der Waals surface area contributed by atoms with Gasteiger partial charge in [-0.1, -0.05) is 36.3 Å². The molecule has 2 heterocycles. The number of hydrogen-bond acceptors (Lipinski definition) is 7. The monoisotopic (exact) mass is 500 g/mol. The number of hydrogen-bond donors (Lipinski definition) is 2. The molecular formula is C29H40O7. The van der Waals surface area contributed by atoms with E-state index in [1.54, 1.807) is 0 Å². The SMILES string of the molecule is C#CC(O)C[C@@H]1[C@@H](/C=C/[C@H](COc2ccccc2)OC2CCCCO2)[C@H](OC2CCCCO2)C[C@@H]1O. The first-order valence-corrected chi connectivity index (χ1v) is 13.3. The zero-order chi connectivity index (χ0) is 25.2. The van der Waals surface area contributed by atoms with Crippen molar-refractivity contribution in [1.29, 1.82) is 0 Å². The van der Waals surface area contributed by atoms with Gasteiger partial charge in [0, 0.05) is 25.6 Å². The third kappa shape index (κ3) is 8.04. The van der Waals surface area contributed by atoms with E-state index in [1.807, 2.05) is 42.5 Å². The normalized spacial score (nSPS) is 32.7. The maximum absolute atomic E-state index is 10.9. The molecule has 2 aliphatic heterocycles. The molecule has 1 saturated carbocycles. The maximum atomic E-state index is 10.9. The van der Waals surface area contributed by atoms with E-state index in [4.69, 9.17) is 30.1 Å². The van der Waals surface area contributed by atoms with E-state index in [0.717, 1.165) is 44.3 Å². The molecule has 0 bridgehead atoms. The molecule has 0 amide bonds. The molecule has 0 spiro atoms. The van der Waals surface area contributed by atoms with Crippen molar-refractivity contribution in [2.75, 3.05) is 19.8 Å². The summed E-state index contributed by atoms with van der Waals surface area (Å²) in [6.07, 6.45) is 13.5. The Hall–Kier alpha value is -1.92. The van der Waals surface area contributed by atoms with Gasteiger partial charge in [-0.25, -0.2) is 0 Å². The van der Waals surface area contributed by atoms with Crippen molar-refractivity contribution in [3.8, 4) is 18.1 Å². The molecule has 198 valence electrons. The van der Waals surface area contributed by atoms with Crippen LogP contribution < -0.4 is 4.74 Å². The molecule has 3 aliphatic rings. The van der Waals surface area contributed by atoms with Crippen molar-refractivity contribution in [2.24, 2.45) is 11.8 Å². The first kappa shape index (κ1) is 27.1. The smallest absolute Gasteiger partial charge is 0.158 e. The van der Waals surface area contributed by atoms with E-state index in [-0.39, 0.29) is 36.6 Å². The van der Waals surface area contributed by atoms with Crippen LogP contribution >= 0.6 is 0 Å². The molecule has 3 fully saturated rings. The van der Waals surface area contributed by atoms with Crippen molar-refractivity contribution in [1.82, 2.24) is 0 Å². The number of rotatable bonds is 11. The fourth-order valence-corrected chi connectivity index (χ4v) is 5.27. The molecule has 4 rings (SSSR count). The molecule has 2 saturated heterocycles. The molecule has 0 aromatic heterocycles. The fraction of sp³-hybridized carbons (Fsp3) is 0.655. The number of ether oxygens (including phenoxy) is 5. The Bertz CT molecular complexity index is 826. The van der Waals surface area contributed by atoms with Crippen molar-refractivity contribution >= 4 is 0 Å². The van der Waals surface area contributed by atoms with Gasteiger partial charge >= 0.3 is 0 Å². The highest BCUT2D eigenvalue weighted by Gasteiger charge is 2.43. The lowest BCUT2D eigenvalue weighted by Crippen LogP contribution is -2.32. The predicted octanol–water partition coefficient (Wildman–Crippen LogP) is 3.83. The Morgan fingerprint density at radius 1 is 1.06 bits per heavy atom. The van der Waals surface area contributed by atoms with Crippen LogP contribution in [0.3, 0.4) is 0 Å². The first-order chi connectivity index (χ1) is 17.6. The summed E-state index contributed by atoms with van der Waals surface area (Å²) in [7, 11) is 0. The van der Waals surface area contributed by atoms with E-state index in [9.17, 15) is 10.2 Å². The van der Waals surface area contributed by atoms with Crippen molar-refractivity contribution in [3.63, 3.8) is 0 Å². The summed E-state index contributed by atoms with van der Waals surface area (Å²) < 4.78 is 30.2. The second-order valence-corrected chi connectivity index (χ2v) is 9.91. The van der Waals surface area contributed by atoms with E-state index < -0.39 is 12.2 Å². The third-order valence-corrected chi connectivity index (χ3v) is 7.21. The first-order valence-electron chi connectivity index (χ1n) is 13.3. The van der Waals surface area contributed by atoms with Crippen LogP contribution in [0.25, 0.3) is 0 Å². The average Bonchev–Trinajstić information content (AvgIpc) is 3.20. The van der Waals surface area contributed by atoms with Gasteiger partial charge in [-0.05, 0) is 63.0 Å². The van der Waals surface area contributed by atoms with Gasteiger partial charge in [0.2, 0.25) is 0 Å². The second-order valence-electron chi connectivity index (χ2n) is 9.91. The quantitative estimate of drug-likeness (QED) is 0.353. The topological polar surface area (TPSA) is 86.6 Å². The van der Waals surface area contributed by atoms with Crippen LogP contribution in [0, 0.1) is 24.2 Å². The minimum absolute atomic E-state index is 0.149. The highest BCUT2D eigenvalue weighted by atomic mass is 16.7. The number of aliphatic hydroxyl groups excluding tert-OH is 2. The van der Waals surface area contributed by atoms with Crippen molar-refractivity contribution in [2.45, 2.75) is 88.4 Å². The lowest BCUT2D eigenvalue weighted by atomic mass is 9.88. The van der Waals surface area contributed by atoms with E-state index >= 15 is 0 Å². The highest BCUT2D eigenvalue weighted by Crippen LogP contribution is 2.40. The molecule has 7 nitrogen and oxygen atoms in total. The average molecular weight is 501 g/mol. The fourth-order valence-electron chi connectivity index (χ4n) is 5.27. The molecule has 8 atom stereocenters. The standard InChI is InChI=1S/C29H40O7/c1-2-21(30)18-25-24(27(19-26(25)31)36-29-13-7-9-17-33-29)15-14-23(35-28-12-6-8-16-32-28)20-34-22-10-4-3-5-11-22/h1,3-5,10-11,14-15,21,23-31H,6-9,12-13,16-20H2/b15-14+/t21?,23-,24-,25-,26+,27-,28?,29?/m1/s1. The van der Waals surface area contributed by atoms with Crippen LogP contribution in [0.2, 0.25) is 0 Å². The van der Waals surface area contributed by atoms with Gasteiger partial charge in [0.1, 0.15) is 24.6 Å². The summed E-state index contributed by atoms with van der Waals surface area (Å²) in [6.45, 7) is 1.71. The Morgan fingerprint density at radius 2 is 1.78 bits per heavy atom. The molecule has 7 heteroatoms. The summed E-state index contributed by atoms with van der Waals surface area (Å²) in [4.78, 5) is 0. The number of aliphatic hydroxyl groups is 2. The molecule has 36 heavy (non-hydrogen) atoms. The molecule has 2 N–H and O–H groups in total. The van der Waals surface area contributed by atoms with Crippen LogP contribution in [0.5, 0.6) is 5.75 Å². The molecule has 3 unspecified atom stereocenters. The minimum atomic E-state index is -0.922. The number of para-hydroxylation sites is 1. The van der Waals surface area contributed by atoms with E-state index in [0.29, 0.717) is 32.7 Å². The zero-order valence-corrected chi connectivity index (χ0v) is 21.0. The van der Waals surface area contributed by atoms with Crippen molar-refractivity contribution < 1.29 is 33.9 Å². The van der Waals surface area contributed by atoms with Gasteiger partial charge in [-0.3, -0.25) is 0 Å². The zero-order valence-electron chi connectivity index (χ0n) is 21.0. The molecule has 1 aromatic rings. The second kappa shape index (κ2) is 14.1. The largest absolute Gasteiger partial charge is 0.491 e. The Balaban J connectivity index is 1.48. The molecule has 1 aromatic carbocycles. The molecular weight excluding hydrogens is 460 g/mol. The molecule has 1 aliphatic carbocycles. The summed E-state index contributed by atoms with van der Waals surface area (Å²) in [6, 6.07) is 9.64. The van der Waals surface area contributed by atoms with Crippen LogP contribution in [0.15, 0.2) is 42.5 Å². The Morgan fingerprint density at radius 3 is 2.44 bits per heavy atom. The van der Waals surface area contributed by atoms with Gasteiger partial charge < -0.3 is 33.9 Å². The minimum Gasteiger partial charge on any atom is -0.491 e. The van der Waals surface area contributed by atoms with Gasteiger partial charge in [-0.15, -0.1) is 6.42 Å². The van der Waals surface area contributed by atoms with Crippen LogP contribution in [0.1, 0.15) is 51.4 Å². The van der Waals surface area contributed by atoms with Gasteiger partial charge in [-0.2, -0.15) is 0 Å². The summed E-state index contributed by atoms with van der Waals surface area (Å²) in [5, 5.41) is 21.0. The lowest BCUT2D eigenvalue weighted by molar-refractivity contribution is -0.193. The molecule has 0 radical (unpaired) electrons. The van der Waals surface area contributed by atoms with E-state index in [1.165, 1.54) is 0 Å². The maximum Gasteiger partial charge on any atom is 0.158 e. The number of benzene rings is 1. The Labute approximate surface area is 214 Å².